The molecule has 0 nitrogen and oxygen atoms in total. The monoisotopic (exact) mass is 309 g/mol. The second-order valence-electron chi connectivity index (χ2n) is 0. The summed E-state index contributed by atoms with van der Waals surface area (Å²) in [7, 11) is 0. The van der Waals surface area contributed by atoms with E-state index in [0.29, 0.717) is 0 Å². The molecule has 0 atom stereocenters. The molecule has 0 amide bonds. The number of hydrogen-bond acceptors (Lipinski definition) is 0. The van der Waals surface area contributed by atoms with Gasteiger partial charge in [0.1, 0.15) is 0 Å². The van der Waals surface area contributed by atoms with Gasteiger partial charge in [-0.1, -0.05) is 0 Å². The van der Waals surface area contributed by atoms with Crippen molar-refractivity contribution in [3.63, 3.8) is 0 Å². The van der Waals surface area contributed by atoms with Gasteiger partial charge >= 0.3 is 0 Å². The SMILES string of the molecule is [B].[Fe].[Ni].[W]. The van der Waals surface area contributed by atoms with Crippen LogP contribution in [0.25, 0.3) is 0 Å². The predicted molar refractivity (Wildman–Crippen MR) is 5.75 cm³/mol. The topological polar surface area (TPSA) is 0 Å². The Labute approximate surface area is 62.7 Å². The van der Waals surface area contributed by atoms with E-state index in [1.165, 1.54) is 0 Å². The average molecular weight is 309 g/mol. The summed E-state index contributed by atoms with van der Waals surface area (Å²) in [6, 6.07) is 0. The quantitative estimate of drug-likeness (QED) is 0.535. The molecule has 0 aliphatic rings. The van der Waals surface area contributed by atoms with Crippen LogP contribution in [-0.4, -0.2) is 8.41 Å². The first kappa shape index (κ1) is 42.0. The maximum absolute atomic E-state index is 0. The van der Waals surface area contributed by atoms with Gasteiger partial charge in [-0.2, -0.15) is 0 Å². The zero-order chi connectivity index (χ0) is 0. The molecule has 27 valence electrons. The summed E-state index contributed by atoms with van der Waals surface area (Å²) in [5, 5.41) is 0. The first-order valence-corrected chi connectivity index (χ1v) is 0. The molecule has 0 saturated heterocycles. The van der Waals surface area contributed by atoms with E-state index in [1.54, 1.807) is 0 Å². The summed E-state index contributed by atoms with van der Waals surface area (Å²) in [5.41, 5.74) is 0. The van der Waals surface area contributed by atoms with Gasteiger partial charge in [-0.15, -0.1) is 0 Å². The Bertz CT molecular complexity index is 8.00. The van der Waals surface area contributed by atoms with Crippen LogP contribution in [0.15, 0.2) is 0 Å². The molecule has 0 fully saturated rings. The van der Waals surface area contributed by atoms with Crippen molar-refractivity contribution in [1.82, 2.24) is 0 Å². The van der Waals surface area contributed by atoms with Crippen molar-refractivity contribution >= 4 is 8.41 Å². The molecule has 0 rings (SSSR count). The normalized spacial score (nSPS) is 0. The van der Waals surface area contributed by atoms with Gasteiger partial charge in [-0.25, -0.2) is 0 Å². The predicted octanol–water partition coefficient (Wildman–Crippen LogP) is -0.388. The fourth-order valence-corrected chi connectivity index (χ4v) is 0. The van der Waals surface area contributed by atoms with Gasteiger partial charge in [0, 0.05) is 63.0 Å². The van der Waals surface area contributed by atoms with E-state index in [1.807, 2.05) is 0 Å². The Morgan fingerprint density at radius 3 is 1.00 bits per heavy atom. The maximum Gasteiger partial charge on any atom is 0 e. The molecule has 3 radical (unpaired) electrons. The molecule has 0 heterocycles. The fraction of sp³-hybridized carbons (Fsp3) is 0. The molecule has 0 aliphatic heterocycles. The van der Waals surface area contributed by atoms with Crippen molar-refractivity contribution in [3.05, 3.63) is 0 Å². The summed E-state index contributed by atoms with van der Waals surface area (Å²) in [6.07, 6.45) is 0. The minimum atomic E-state index is 0. The van der Waals surface area contributed by atoms with Crippen molar-refractivity contribution in [2.75, 3.05) is 0 Å². The van der Waals surface area contributed by atoms with E-state index < -0.39 is 0 Å². The molecule has 0 unspecified atom stereocenters. The van der Waals surface area contributed by atoms with Crippen LogP contribution in [0.5, 0.6) is 0 Å². The van der Waals surface area contributed by atoms with Crippen LogP contribution in [0.4, 0.5) is 0 Å². The van der Waals surface area contributed by atoms with Gasteiger partial charge in [0.15, 0.2) is 0 Å². The molecule has 4 heteroatoms. The largest absolute Gasteiger partial charge is 0 e. The minimum Gasteiger partial charge on any atom is 0 e. The molecule has 0 aliphatic carbocycles. The molecule has 0 aromatic carbocycles. The van der Waals surface area contributed by atoms with Gasteiger partial charge in [-0.05, 0) is 0 Å². The molecule has 0 saturated carbocycles. The van der Waals surface area contributed by atoms with E-state index in [9.17, 15) is 0 Å². The van der Waals surface area contributed by atoms with Gasteiger partial charge < -0.3 is 0 Å². The van der Waals surface area contributed by atoms with E-state index in [4.69, 9.17) is 0 Å². The van der Waals surface area contributed by atoms with Crippen molar-refractivity contribution in [3.8, 4) is 0 Å². The first-order chi connectivity index (χ1) is 0. The van der Waals surface area contributed by atoms with E-state index in [0.717, 1.165) is 0 Å². The maximum atomic E-state index is 0. The molecular formula is BFeNiW. The zero-order valence-electron chi connectivity index (χ0n) is 1.66. The second-order valence-corrected chi connectivity index (χ2v) is 0. The third-order valence-corrected chi connectivity index (χ3v) is 0. The van der Waals surface area contributed by atoms with Gasteiger partial charge in [0.05, 0.1) is 0 Å². The summed E-state index contributed by atoms with van der Waals surface area (Å²) in [6.45, 7) is 0. The Morgan fingerprint density at radius 1 is 1.00 bits per heavy atom. The van der Waals surface area contributed by atoms with Crippen molar-refractivity contribution in [2.45, 2.75) is 0 Å². The van der Waals surface area contributed by atoms with Crippen LogP contribution in [0, 0.1) is 0 Å². The van der Waals surface area contributed by atoms with Crippen LogP contribution >= 0.6 is 0 Å². The minimum absolute atomic E-state index is 0. The Kier molecular flexibility index (Phi) is 227. The smallest absolute Gasteiger partial charge is 0 e. The van der Waals surface area contributed by atoms with Crippen molar-refractivity contribution in [1.29, 1.82) is 0 Å². The third-order valence-electron chi connectivity index (χ3n) is 0. The molecule has 0 bridgehead atoms. The molecule has 0 N–H and O–H groups in total. The van der Waals surface area contributed by atoms with E-state index >= 15 is 0 Å². The Hall–Kier alpha value is 1.77. The zero-order valence-corrected chi connectivity index (χ0v) is 6.68. The first-order valence-electron chi connectivity index (χ1n) is 0. The molecule has 0 aromatic heterocycles. The Balaban J connectivity index is 0. The van der Waals surface area contributed by atoms with E-state index in [2.05, 4.69) is 0 Å². The van der Waals surface area contributed by atoms with Gasteiger partial charge in [0.25, 0.3) is 0 Å². The van der Waals surface area contributed by atoms with Gasteiger partial charge in [0.2, 0.25) is 0 Å². The van der Waals surface area contributed by atoms with Crippen molar-refractivity contribution in [2.24, 2.45) is 0 Å². The van der Waals surface area contributed by atoms with Gasteiger partial charge in [-0.3, -0.25) is 0 Å². The van der Waals surface area contributed by atoms with Crippen LogP contribution < -0.4 is 0 Å². The fourth-order valence-electron chi connectivity index (χ4n) is 0. The van der Waals surface area contributed by atoms with Crippen LogP contribution in [0.3, 0.4) is 0 Å². The molecule has 0 aromatic rings. The van der Waals surface area contributed by atoms with Crippen LogP contribution in [0.2, 0.25) is 0 Å². The van der Waals surface area contributed by atoms with Crippen molar-refractivity contribution < 1.29 is 54.6 Å². The average Bonchev–Trinajstić information content (AvgIpc) is 0. The standard InChI is InChI=1S/B.Fe.Ni.W. The summed E-state index contributed by atoms with van der Waals surface area (Å²) >= 11 is 0. The Morgan fingerprint density at radius 2 is 1.00 bits per heavy atom. The number of hydrogen-bond donors (Lipinski definition) is 0. The van der Waals surface area contributed by atoms with E-state index in [-0.39, 0.29) is 63.0 Å². The third kappa shape index (κ3) is 9.24. The second kappa shape index (κ2) is 21.7. The summed E-state index contributed by atoms with van der Waals surface area (Å²) in [4.78, 5) is 0. The molecular weight excluding hydrogens is 309 g/mol. The number of rotatable bonds is 0. The molecule has 4 heavy (non-hydrogen) atoms. The van der Waals surface area contributed by atoms with Crippen LogP contribution in [-0.2, 0) is 54.6 Å². The molecule has 0 spiro atoms. The van der Waals surface area contributed by atoms with Crippen LogP contribution in [0.1, 0.15) is 0 Å². The summed E-state index contributed by atoms with van der Waals surface area (Å²) in [5.74, 6) is 0. The summed E-state index contributed by atoms with van der Waals surface area (Å²) < 4.78 is 0.